The van der Waals surface area contributed by atoms with Crippen molar-refractivity contribution in [2.24, 2.45) is 0 Å². The molecule has 16 heteroatoms. The molecule has 1 aliphatic heterocycles. The highest BCUT2D eigenvalue weighted by Crippen LogP contribution is 2.42. The standard InChI is InChI=1S/C22H19BrClF3N6O4S/c1-36-20-17(32-7-12(30-31-32)21-29-16(24)9-38-21)18(35)15(8-34)37-19(20)13-4-5-28-33(13)14-6-10(23)2-3-11(14)22(25,26)27/h2-7,9,15,17-20,34-35H,8H2,1H3/t15-,17+,18+,19+,20-/m1/s1. The van der Waals surface area contributed by atoms with E-state index in [2.05, 4.69) is 36.3 Å². The number of benzene rings is 1. The second-order valence-electron chi connectivity index (χ2n) is 8.35. The highest BCUT2D eigenvalue weighted by Gasteiger charge is 2.49. The van der Waals surface area contributed by atoms with Gasteiger partial charge in [-0.25, -0.2) is 14.3 Å². The van der Waals surface area contributed by atoms with Crippen LogP contribution in [0.4, 0.5) is 13.2 Å². The molecule has 202 valence electrons. The molecule has 5 atom stereocenters. The minimum absolute atomic E-state index is 0.211. The van der Waals surface area contributed by atoms with Crippen molar-refractivity contribution in [3.63, 3.8) is 0 Å². The lowest BCUT2D eigenvalue weighted by Crippen LogP contribution is -2.53. The van der Waals surface area contributed by atoms with Crippen molar-refractivity contribution in [3.8, 4) is 16.4 Å². The van der Waals surface area contributed by atoms with Crippen LogP contribution in [0.25, 0.3) is 16.4 Å². The number of hydrogen-bond donors (Lipinski definition) is 2. The second-order valence-corrected chi connectivity index (χ2v) is 10.5. The van der Waals surface area contributed by atoms with Crippen molar-refractivity contribution in [1.82, 2.24) is 29.8 Å². The lowest BCUT2D eigenvalue weighted by atomic mass is 9.90. The van der Waals surface area contributed by atoms with Crippen molar-refractivity contribution >= 4 is 38.9 Å². The van der Waals surface area contributed by atoms with E-state index in [1.54, 1.807) is 11.6 Å². The number of alkyl halides is 3. The first-order valence-corrected chi connectivity index (χ1v) is 13.1. The Bertz CT molecular complexity index is 1430. The summed E-state index contributed by atoms with van der Waals surface area (Å²) in [6.45, 7) is -0.576. The molecule has 2 N–H and O–H groups in total. The highest BCUT2D eigenvalue weighted by molar-refractivity contribution is 9.10. The summed E-state index contributed by atoms with van der Waals surface area (Å²) in [5.41, 5.74) is -0.546. The van der Waals surface area contributed by atoms with Gasteiger partial charge in [-0.05, 0) is 24.3 Å². The van der Waals surface area contributed by atoms with Crippen LogP contribution < -0.4 is 0 Å². The van der Waals surface area contributed by atoms with E-state index in [1.807, 2.05) is 0 Å². The Morgan fingerprint density at radius 3 is 2.74 bits per heavy atom. The van der Waals surface area contributed by atoms with Gasteiger partial charge in [0.2, 0.25) is 0 Å². The van der Waals surface area contributed by atoms with Gasteiger partial charge in [0.1, 0.15) is 46.3 Å². The first-order chi connectivity index (χ1) is 18.1. The van der Waals surface area contributed by atoms with E-state index in [0.29, 0.717) is 20.3 Å². The van der Waals surface area contributed by atoms with Gasteiger partial charge in [-0.1, -0.05) is 32.7 Å². The van der Waals surface area contributed by atoms with Gasteiger partial charge < -0.3 is 19.7 Å². The van der Waals surface area contributed by atoms with E-state index in [1.165, 1.54) is 47.5 Å². The van der Waals surface area contributed by atoms with E-state index < -0.39 is 48.8 Å². The van der Waals surface area contributed by atoms with Crippen LogP contribution >= 0.6 is 38.9 Å². The van der Waals surface area contributed by atoms with E-state index in [0.717, 1.165) is 10.7 Å². The third-order valence-corrected chi connectivity index (χ3v) is 7.79. The molecule has 10 nitrogen and oxygen atoms in total. The Hall–Kier alpha value is -2.40. The summed E-state index contributed by atoms with van der Waals surface area (Å²) in [7, 11) is 1.37. The predicted octanol–water partition coefficient (Wildman–Crippen LogP) is 4.07. The van der Waals surface area contributed by atoms with Crippen molar-refractivity contribution in [1.29, 1.82) is 0 Å². The number of aromatic nitrogens is 6. The molecule has 0 spiro atoms. The van der Waals surface area contributed by atoms with E-state index >= 15 is 0 Å². The second kappa shape index (κ2) is 10.6. The average molecular weight is 636 g/mol. The molecule has 38 heavy (non-hydrogen) atoms. The van der Waals surface area contributed by atoms with Gasteiger partial charge in [-0.2, -0.15) is 18.3 Å². The van der Waals surface area contributed by atoms with Gasteiger partial charge >= 0.3 is 6.18 Å². The molecule has 0 radical (unpaired) electrons. The Balaban J connectivity index is 1.58. The van der Waals surface area contributed by atoms with Gasteiger partial charge in [-0.15, -0.1) is 16.4 Å². The maximum atomic E-state index is 13.9. The van der Waals surface area contributed by atoms with Crippen molar-refractivity contribution in [2.45, 2.75) is 36.6 Å². The lowest BCUT2D eigenvalue weighted by molar-refractivity contribution is -0.216. The van der Waals surface area contributed by atoms with Crippen molar-refractivity contribution in [2.75, 3.05) is 13.7 Å². The van der Waals surface area contributed by atoms with Crippen LogP contribution in [0.2, 0.25) is 5.15 Å². The number of thiazole rings is 1. The monoisotopic (exact) mass is 634 g/mol. The zero-order valence-electron chi connectivity index (χ0n) is 19.3. The van der Waals surface area contributed by atoms with Gasteiger partial charge in [-0.3, -0.25) is 0 Å². The Labute approximate surface area is 230 Å². The maximum Gasteiger partial charge on any atom is 0.418 e. The molecule has 1 aliphatic rings. The third kappa shape index (κ3) is 4.99. The zero-order valence-corrected chi connectivity index (χ0v) is 22.5. The van der Waals surface area contributed by atoms with Gasteiger partial charge in [0.05, 0.1) is 29.7 Å². The smallest absolute Gasteiger partial charge is 0.394 e. The SMILES string of the molecule is CO[C@@H]1[C@@H](n2cc(-c3nc(Cl)cs3)nn2)[C@@H](O)[C@@H](CO)O[C@H]1c1ccnn1-c1cc(Br)ccc1C(F)(F)F. The number of nitrogens with zero attached hydrogens (tertiary/aromatic N) is 6. The molecule has 0 bridgehead atoms. The minimum atomic E-state index is -4.66. The summed E-state index contributed by atoms with van der Waals surface area (Å²) in [5.74, 6) is 0. The molecule has 1 fully saturated rings. The summed E-state index contributed by atoms with van der Waals surface area (Å²) < 4.78 is 56.2. The molecular weight excluding hydrogens is 617 g/mol. The predicted molar refractivity (Wildman–Crippen MR) is 133 cm³/mol. The quantitative estimate of drug-likeness (QED) is 0.326. The van der Waals surface area contributed by atoms with Crippen molar-refractivity contribution < 1.29 is 32.9 Å². The normalized spacial score (nSPS) is 24.2. The molecule has 4 heterocycles. The summed E-state index contributed by atoms with van der Waals surface area (Å²) >= 11 is 10.4. The largest absolute Gasteiger partial charge is 0.418 e. The van der Waals surface area contributed by atoms with Crippen LogP contribution in [0.3, 0.4) is 0 Å². The lowest BCUT2D eigenvalue weighted by Gasteiger charge is -2.43. The molecular formula is C22H19BrClF3N6O4S. The van der Waals surface area contributed by atoms with Crippen LogP contribution in [0.1, 0.15) is 23.4 Å². The van der Waals surface area contributed by atoms with Crippen LogP contribution in [-0.2, 0) is 15.7 Å². The zero-order chi connectivity index (χ0) is 27.2. The van der Waals surface area contributed by atoms with E-state index in [9.17, 15) is 23.4 Å². The van der Waals surface area contributed by atoms with Gasteiger partial charge in [0.15, 0.2) is 0 Å². The van der Waals surface area contributed by atoms with Crippen molar-refractivity contribution in [3.05, 3.63) is 62.9 Å². The van der Waals surface area contributed by atoms with Crippen LogP contribution in [0.5, 0.6) is 0 Å². The molecule has 0 aliphatic carbocycles. The fourth-order valence-corrected chi connectivity index (χ4v) is 5.69. The van der Waals surface area contributed by atoms with E-state index in [-0.39, 0.29) is 11.4 Å². The number of hydrogen-bond acceptors (Lipinski definition) is 9. The van der Waals surface area contributed by atoms with Gasteiger partial charge in [0.25, 0.3) is 0 Å². The number of methoxy groups -OCH3 is 1. The molecule has 5 rings (SSSR count). The number of ether oxygens (including phenoxy) is 2. The molecule has 1 aromatic carbocycles. The van der Waals surface area contributed by atoms with Gasteiger partial charge in [0, 0.05) is 23.2 Å². The molecule has 1 saturated heterocycles. The third-order valence-electron chi connectivity index (χ3n) is 6.11. The number of aliphatic hydroxyl groups is 2. The number of aliphatic hydroxyl groups excluding tert-OH is 2. The minimum Gasteiger partial charge on any atom is -0.394 e. The van der Waals surface area contributed by atoms with Crippen LogP contribution in [0.15, 0.2) is 46.5 Å². The summed E-state index contributed by atoms with van der Waals surface area (Å²) in [5, 5.41) is 35.9. The molecule has 3 aromatic heterocycles. The number of rotatable bonds is 6. The van der Waals surface area contributed by atoms with Crippen LogP contribution in [0, 0.1) is 0 Å². The molecule has 0 unspecified atom stereocenters. The Morgan fingerprint density at radius 1 is 1.29 bits per heavy atom. The first-order valence-electron chi connectivity index (χ1n) is 11.0. The molecule has 4 aromatic rings. The average Bonchev–Trinajstić information content (AvgIpc) is 3.63. The number of halogens is 5. The van der Waals surface area contributed by atoms with Crippen LogP contribution in [-0.4, -0.2) is 72.0 Å². The molecule has 0 saturated carbocycles. The Kier molecular flexibility index (Phi) is 7.61. The summed E-state index contributed by atoms with van der Waals surface area (Å²) in [6, 6.07) is 4.08. The Morgan fingerprint density at radius 2 is 2.08 bits per heavy atom. The topological polar surface area (TPSA) is 120 Å². The first kappa shape index (κ1) is 27.2. The molecule has 0 amide bonds. The summed E-state index contributed by atoms with van der Waals surface area (Å²) in [4.78, 5) is 4.17. The van der Waals surface area contributed by atoms with E-state index in [4.69, 9.17) is 21.1 Å². The summed E-state index contributed by atoms with van der Waals surface area (Å²) in [6.07, 6.45) is -6.24. The highest BCUT2D eigenvalue weighted by atomic mass is 79.9. The fourth-order valence-electron chi connectivity index (χ4n) is 4.44. The maximum absolute atomic E-state index is 13.9. The fraction of sp³-hybridized carbons (Fsp3) is 0.364.